The minimum atomic E-state index is 0. The van der Waals surface area contributed by atoms with Crippen LogP contribution in [0, 0.1) is 6.08 Å². The average Bonchev–Trinajstić information content (AvgIpc) is 3.44. The molecule has 3 aromatic carbocycles. The van der Waals surface area contributed by atoms with E-state index in [0.29, 0.717) is 5.43 Å². The molecule has 1 fully saturated rings. The molecular weight excluding hydrogens is 563 g/mol. The second kappa shape index (κ2) is 14.4. The summed E-state index contributed by atoms with van der Waals surface area (Å²) in [6, 6.07) is 19.4. The Kier molecular flexibility index (Phi) is 13.4. The summed E-state index contributed by atoms with van der Waals surface area (Å²) in [7, 11) is 0. The van der Waals surface area contributed by atoms with Crippen molar-refractivity contribution in [2.75, 3.05) is 0 Å². The van der Waals surface area contributed by atoms with E-state index in [1.807, 2.05) is 35.5 Å². The SMILES string of the molecule is CC(C)(C)c1ccc2[cH-]c3ccc(C(C)(C)C)cc3c2c1.[C-]1=CC=CC1.[Cl-].[Cl-].[Zr+2]=[Si]1CCCCC1. The molecule has 0 spiro atoms. The Labute approximate surface area is 241 Å². The van der Waals surface area contributed by atoms with Gasteiger partial charge in [0.05, 0.1) is 0 Å². The molecule has 0 nitrogen and oxygen atoms in total. The predicted molar refractivity (Wildman–Crippen MR) is 145 cm³/mol. The third-order valence-corrected chi connectivity index (χ3v) is 12.1. The number of hydrogen-bond acceptors (Lipinski definition) is 0. The van der Waals surface area contributed by atoms with Gasteiger partial charge in [0.15, 0.2) is 0 Å². The van der Waals surface area contributed by atoms with Crippen molar-refractivity contribution in [3.8, 4) is 0 Å². The molecule has 0 radical (unpaired) electrons. The molecule has 4 heteroatoms. The molecular formula is C31H40Cl2SiZr-2. The first-order valence-electron chi connectivity index (χ1n) is 12.5. The van der Waals surface area contributed by atoms with Crippen LogP contribution < -0.4 is 24.8 Å². The van der Waals surface area contributed by atoms with Gasteiger partial charge < -0.3 is 24.8 Å². The summed E-state index contributed by atoms with van der Waals surface area (Å²) in [5.74, 6) is 0. The van der Waals surface area contributed by atoms with Crippen LogP contribution >= 0.6 is 0 Å². The minimum absolute atomic E-state index is 0. The zero-order valence-electron chi connectivity index (χ0n) is 22.3. The van der Waals surface area contributed by atoms with Gasteiger partial charge >= 0.3 is 60.1 Å². The van der Waals surface area contributed by atoms with Gasteiger partial charge in [0.1, 0.15) is 0 Å². The first-order valence-corrected chi connectivity index (χ1v) is 18.1. The van der Waals surface area contributed by atoms with Gasteiger partial charge in [-0.3, -0.25) is 6.08 Å². The summed E-state index contributed by atoms with van der Waals surface area (Å²) in [6.45, 7) is 13.7. The zero-order chi connectivity index (χ0) is 24.1. The molecule has 0 saturated carbocycles. The number of rotatable bonds is 0. The molecule has 1 aliphatic heterocycles. The van der Waals surface area contributed by atoms with E-state index in [2.05, 4.69) is 96.2 Å². The van der Waals surface area contributed by atoms with E-state index in [1.54, 1.807) is 24.9 Å². The Hall–Kier alpha value is -0.530. The molecule has 5 rings (SSSR count). The van der Waals surface area contributed by atoms with Crippen molar-refractivity contribution in [1.82, 2.24) is 0 Å². The van der Waals surface area contributed by atoms with E-state index in [9.17, 15) is 0 Å². The summed E-state index contributed by atoms with van der Waals surface area (Å²) in [5, 5.41) is 5.49. The zero-order valence-corrected chi connectivity index (χ0v) is 27.2. The second-order valence-corrected chi connectivity index (χ2v) is 18.8. The Morgan fingerprint density at radius 2 is 1.26 bits per heavy atom. The second-order valence-electron chi connectivity index (χ2n) is 11.4. The van der Waals surface area contributed by atoms with Crippen LogP contribution in [-0.4, -0.2) is 5.43 Å². The van der Waals surface area contributed by atoms with Crippen molar-refractivity contribution in [2.24, 2.45) is 0 Å². The van der Waals surface area contributed by atoms with E-state index in [4.69, 9.17) is 0 Å². The van der Waals surface area contributed by atoms with Crippen LogP contribution in [0.2, 0.25) is 12.1 Å². The van der Waals surface area contributed by atoms with Gasteiger partial charge in [-0.05, 0) is 10.8 Å². The topological polar surface area (TPSA) is 0 Å². The maximum absolute atomic E-state index is 2.99. The quantitative estimate of drug-likeness (QED) is 0.274. The predicted octanol–water partition coefficient (Wildman–Crippen LogP) is 3.33. The van der Waals surface area contributed by atoms with Crippen LogP contribution in [0.5, 0.6) is 0 Å². The summed E-state index contributed by atoms with van der Waals surface area (Å²) >= 11 is 1.87. The number of hydrogen-bond donors (Lipinski definition) is 0. The van der Waals surface area contributed by atoms with Crippen molar-refractivity contribution in [2.45, 2.75) is 90.1 Å². The molecule has 0 amide bonds. The number of halogens is 2. The van der Waals surface area contributed by atoms with Gasteiger partial charge in [-0.25, -0.2) is 12.2 Å². The van der Waals surface area contributed by atoms with Gasteiger partial charge in [-0.15, -0.1) is 46.2 Å². The average molecular weight is 603 g/mol. The summed E-state index contributed by atoms with van der Waals surface area (Å²) in [5.41, 5.74) is 3.50. The van der Waals surface area contributed by atoms with Crippen LogP contribution in [0.15, 0.2) is 60.7 Å². The standard InChI is InChI=1S/C21H25.C5H10Si.C5H5.2ClH.Zr/c1-20(2,3)16-9-7-14-11-15-8-10-17(21(4,5)6)13-19(15)18(14)12-16;1-2-4-6-5-3-1;1-2-4-5-3-1;;;/h7-13H,1-6H3;1-5H2;1-3H,4H2;2*1H;/q-1;;-1;;;+2/p-2. The fraction of sp³-hybridized carbons (Fsp3) is 0.452. The molecule has 0 N–H and O–H groups in total. The monoisotopic (exact) mass is 600 g/mol. The normalized spacial score (nSPS) is 15.0. The molecule has 35 heavy (non-hydrogen) atoms. The van der Waals surface area contributed by atoms with E-state index in [-0.39, 0.29) is 35.6 Å². The van der Waals surface area contributed by atoms with Crippen molar-refractivity contribution < 1.29 is 48.1 Å². The molecule has 1 saturated heterocycles. The van der Waals surface area contributed by atoms with E-state index >= 15 is 0 Å². The molecule has 1 heterocycles. The number of fused-ring (bicyclic) bond motifs is 3. The van der Waals surface area contributed by atoms with Crippen molar-refractivity contribution in [1.29, 1.82) is 0 Å². The fourth-order valence-corrected chi connectivity index (χ4v) is 8.46. The van der Waals surface area contributed by atoms with Crippen LogP contribution in [0.25, 0.3) is 21.5 Å². The van der Waals surface area contributed by atoms with Crippen LogP contribution in [0.3, 0.4) is 0 Å². The molecule has 1 aliphatic carbocycles. The number of allylic oxidation sites excluding steroid dienone is 4. The Bertz CT molecular complexity index is 1070. The van der Waals surface area contributed by atoms with Gasteiger partial charge in [-0.2, -0.15) is 6.08 Å². The van der Waals surface area contributed by atoms with Gasteiger partial charge in [0.2, 0.25) is 0 Å². The van der Waals surface area contributed by atoms with Crippen molar-refractivity contribution in [3.05, 3.63) is 77.9 Å². The van der Waals surface area contributed by atoms with E-state index < -0.39 is 0 Å². The molecule has 0 atom stereocenters. The Morgan fingerprint density at radius 1 is 0.771 bits per heavy atom. The molecule has 3 aromatic rings. The fourth-order valence-electron chi connectivity index (χ4n) is 4.25. The van der Waals surface area contributed by atoms with Crippen LogP contribution in [0.4, 0.5) is 0 Å². The van der Waals surface area contributed by atoms with Crippen LogP contribution in [-0.2, 0) is 34.2 Å². The van der Waals surface area contributed by atoms with Gasteiger partial charge in [0, 0.05) is 0 Å². The summed E-state index contributed by atoms with van der Waals surface area (Å²) < 4.78 is 0. The summed E-state index contributed by atoms with van der Waals surface area (Å²) in [4.78, 5) is 0. The first kappa shape index (κ1) is 32.5. The Balaban J connectivity index is 0.000000360. The first-order chi connectivity index (χ1) is 15.6. The molecule has 2 aliphatic rings. The number of benzene rings is 2. The van der Waals surface area contributed by atoms with E-state index in [0.717, 1.165) is 6.42 Å². The van der Waals surface area contributed by atoms with E-state index in [1.165, 1.54) is 39.1 Å². The summed E-state index contributed by atoms with van der Waals surface area (Å²) in [6.07, 6.45) is 14.6. The Morgan fingerprint density at radius 3 is 1.54 bits per heavy atom. The van der Waals surface area contributed by atoms with Gasteiger partial charge in [-0.1, -0.05) is 76.9 Å². The van der Waals surface area contributed by atoms with Crippen molar-refractivity contribution in [3.63, 3.8) is 0 Å². The third kappa shape index (κ3) is 9.70. The molecule has 0 unspecified atom stereocenters. The molecule has 0 aromatic heterocycles. The maximum atomic E-state index is 2.99. The van der Waals surface area contributed by atoms with Crippen LogP contribution in [0.1, 0.15) is 78.4 Å². The third-order valence-electron chi connectivity index (χ3n) is 6.48. The molecule has 0 bridgehead atoms. The van der Waals surface area contributed by atoms with Gasteiger partial charge in [0.25, 0.3) is 0 Å². The molecule has 188 valence electrons. The van der Waals surface area contributed by atoms with Crippen molar-refractivity contribution >= 4 is 27.0 Å².